The molecule has 19 aromatic rings. The van der Waals surface area contributed by atoms with Crippen molar-refractivity contribution in [3.8, 4) is 78.4 Å². The van der Waals surface area contributed by atoms with Crippen LogP contribution in [-0.2, 0) is 0 Å². The summed E-state index contributed by atoms with van der Waals surface area (Å²) in [6, 6.07) is 120. The molecule has 428 valence electrons. The van der Waals surface area contributed by atoms with Crippen molar-refractivity contribution in [2.75, 3.05) is 0 Å². The molecule has 0 aliphatic carbocycles. The van der Waals surface area contributed by atoms with Crippen molar-refractivity contribution in [3.05, 3.63) is 334 Å². The van der Waals surface area contributed by atoms with E-state index in [1.54, 1.807) is 0 Å². The topological polar surface area (TPSA) is 32.6 Å². The van der Waals surface area contributed by atoms with Crippen LogP contribution in [-0.4, -0.2) is 23.3 Å². The number of pyridine rings is 1. The summed E-state index contributed by atoms with van der Waals surface area (Å²) >= 11 is 0. The molecule has 0 saturated heterocycles. The molecule has 0 aliphatic heterocycles. The second kappa shape index (κ2) is 20.6. The number of fused-ring (bicyclic) bond motifs is 13. The molecule has 0 radical (unpaired) electrons. The van der Waals surface area contributed by atoms with E-state index in [1.165, 1.54) is 81.8 Å². The molecule has 19 rings (SSSR count). The number of rotatable bonds is 9. The molecule has 0 atom stereocenters. The van der Waals surface area contributed by atoms with Gasteiger partial charge in [-0.1, -0.05) is 212 Å². The van der Waals surface area contributed by atoms with Gasteiger partial charge in [-0.2, -0.15) is 0 Å². The van der Waals surface area contributed by atoms with E-state index in [0.717, 1.165) is 94.7 Å². The lowest BCUT2D eigenvalue weighted by Gasteiger charge is -2.21. The summed E-state index contributed by atoms with van der Waals surface area (Å²) in [5.74, 6) is 0. The Bertz CT molecular complexity index is 6110. The summed E-state index contributed by atoms with van der Waals surface area (Å²) in [5.41, 5.74) is 26.1. The first-order chi connectivity index (χ1) is 45.7. The zero-order chi connectivity index (χ0) is 60.4. The third-order valence-electron chi connectivity index (χ3n) is 19.2. The van der Waals surface area contributed by atoms with Gasteiger partial charge in [-0.25, -0.2) is 0 Å². The van der Waals surface area contributed by atoms with E-state index in [4.69, 9.17) is 4.98 Å². The predicted octanol–water partition coefficient (Wildman–Crippen LogP) is 23.0. The van der Waals surface area contributed by atoms with Crippen LogP contribution in [0, 0.1) is 0 Å². The maximum absolute atomic E-state index is 5.35. The van der Waals surface area contributed by atoms with Crippen LogP contribution in [0.4, 0.5) is 0 Å². The highest BCUT2D eigenvalue weighted by Crippen LogP contribution is 2.47. The molecule has 0 fully saturated rings. The van der Waals surface area contributed by atoms with Crippen LogP contribution < -0.4 is 0 Å². The van der Waals surface area contributed by atoms with Gasteiger partial charge in [0, 0.05) is 66.0 Å². The minimum absolute atomic E-state index is 0.903. The Morgan fingerprint density at radius 1 is 0.196 bits per heavy atom. The van der Waals surface area contributed by atoms with Gasteiger partial charge >= 0.3 is 0 Å². The first kappa shape index (κ1) is 51.7. The minimum atomic E-state index is 0.903. The number of para-hydroxylation sites is 6. The molecule has 92 heavy (non-hydrogen) atoms. The number of nitrogens with zero attached hydrogens (tertiary/aromatic N) is 5. The molecule has 0 N–H and O–H groups in total. The van der Waals surface area contributed by atoms with E-state index in [-0.39, 0.29) is 0 Å². The van der Waals surface area contributed by atoms with Crippen LogP contribution in [0.1, 0.15) is 0 Å². The summed E-state index contributed by atoms with van der Waals surface area (Å²) in [5, 5.41) is 10.7. The summed E-state index contributed by atoms with van der Waals surface area (Å²) in [7, 11) is 0. The van der Waals surface area contributed by atoms with Crippen molar-refractivity contribution in [2.45, 2.75) is 0 Å². The summed E-state index contributed by atoms with van der Waals surface area (Å²) in [6.07, 6.45) is 2.00. The third-order valence-corrected chi connectivity index (χ3v) is 19.2. The molecular formula is C87H55N5. The molecule has 0 bridgehead atoms. The van der Waals surface area contributed by atoms with Crippen molar-refractivity contribution in [1.29, 1.82) is 0 Å². The second-order valence-electron chi connectivity index (χ2n) is 24.2. The Morgan fingerprint density at radius 3 is 0.924 bits per heavy atom. The Morgan fingerprint density at radius 2 is 0.522 bits per heavy atom. The SMILES string of the molecule is c1ccc(-c2cccc(-c3ccccc3)c2-c2ccnc3cc(-n4c5ccccc5c5cc(-c6ccc7c(c6)c6ccccc6n7-c6ccccc6)ccc54)c(-n4c5ccccc5c5cc(-c6ccc7c(c6)c6ccccc6n7-c6ccccc6)ccc54)cc23)cc1. The lowest BCUT2D eigenvalue weighted by Crippen LogP contribution is -2.05. The molecule has 0 unspecified atom stereocenters. The van der Waals surface area contributed by atoms with Crippen LogP contribution in [0.5, 0.6) is 0 Å². The lowest BCUT2D eigenvalue weighted by atomic mass is 9.86. The van der Waals surface area contributed by atoms with E-state index in [9.17, 15) is 0 Å². The van der Waals surface area contributed by atoms with Gasteiger partial charge in [-0.05, 0) is 171 Å². The molecule has 0 aliphatic rings. The number of hydrogen-bond acceptors (Lipinski definition) is 1. The predicted molar refractivity (Wildman–Crippen MR) is 386 cm³/mol. The second-order valence-corrected chi connectivity index (χ2v) is 24.2. The third kappa shape index (κ3) is 7.95. The fourth-order valence-electron chi connectivity index (χ4n) is 15.1. The summed E-state index contributed by atoms with van der Waals surface area (Å²) in [6.45, 7) is 0. The van der Waals surface area contributed by atoms with Gasteiger partial charge in [0.2, 0.25) is 0 Å². The molecule has 5 aromatic heterocycles. The molecule has 5 nitrogen and oxygen atoms in total. The first-order valence-corrected chi connectivity index (χ1v) is 31.6. The van der Waals surface area contributed by atoms with Gasteiger partial charge in [-0.3, -0.25) is 4.98 Å². The van der Waals surface area contributed by atoms with Gasteiger partial charge < -0.3 is 18.3 Å². The zero-order valence-electron chi connectivity index (χ0n) is 50.0. The number of hydrogen-bond donors (Lipinski definition) is 0. The summed E-state index contributed by atoms with van der Waals surface area (Å²) < 4.78 is 9.79. The monoisotopic (exact) mass is 1170 g/mol. The van der Waals surface area contributed by atoms with Crippen LogP contribution in [0.3, 0.4) is 0 Å². The van der Waals surface area contributed by atoms with Gasteiger partial charge in [0.25, 0.3) is 0 Å². The maximum atomic E-state index is 5.35. The van der Waals surface area contributed by atoms with Crippen LogP contribution in [0.15, 0.2) is 334 Å². The summed E-state index contributed by atoms with van der Waals surface area (Å²) in [4.78, 5) is 5.35. The van der Waals surface area contributed by atoms with Crippen LogP contribution >= 0.6 is 0 Å². The fraction of sp³-hybridized carbons (Fsp3) is 0. The van der Waals surface area contributed by atoms with E-state index in [0.29, 0.717) is 0 Å². The molecule has 5 heterocycles. The fourth-order valence-corrected chi connectivity index (χ4v) is 15.1. The minimum Gasteiger partial charge on any atom is -0.309 e. The Kier molecular flexibility index (Phi) is 11.6. The Balaban J connectivity index is 0.857. The van der Waals surface area contributed by atoms with E-state index in [1.807, 2.05) is 6.20 Å². The number of aromatic nitrogens is 5. The highest BCUT2D eigenvalue weighted by atomic mass is 15.1. The highest BCUT2D eigenvalue weighted by Gasteiger charge is 2.25. The van der Waals surface area contributed by atoms with Crippen molar-refractivity contribution in [1.82, 2.24) is 23.3 Å². The molecule has 0 spiro atoms. The smallest absolute Gasteiger partial charge is 0.0730 e. The maximum Gasteiger partial charge on any atom is 0.0730 e. The standard InChI is InChI=1S/C87H55N5/c1-5-22-56(23-6-1)64-34-21-35-65(57-24-7-2-8-25-57)87(64)70-48-49-88-76-55-86(92-80-39-20-16-33-69(80)75-53-61(43-47-84(75)92)59-41-45-82-73(51-59)67-31-14-18-37-78(67)90(82)63-28-11-4-12-29-63)85(54-71(70)76)91-79-38-19-15-32-68(79)74-52-60(42-46-83(74)91)58-40-44-81-72(50-58)66-30-13-17-36-77(66)89(81)62-26-9-3-10-27-62/h1-55H. The molecule has 5 heteroatoms. The Labute approximate surface area is 530 Å². The van der Waals surface area contributed by atoms with Gasteiger partial charge in [0.15, 0.2) is 0 Å². The normalized spacial score (nSPS) is 11.9. The van der Waals surface area contributed by atoms with E-state index in [2.05, 4.69) is 346 Å². The van der Waals surface area contributed by atoms with E-state index >= 15 is 0 Å². The molecule has 14 aromatic carbocycles. The number of benzene rings is 14. The van der Waals surface area contributed by atoms with E-state index < -0.39 is 0 Å². The average Bonchev–Trinajstić information content (AvgIpc) is 1.45. The average molecular weight is 1170 g/mol. The quantitative estimate of drug-likeness (QED) is 0.142. The Hall–Kier alpha value is -12.3. The lowest BCUT2D eigenvalue weighted by molar-refractivity contribution is 1.10. The van der Waals surface area contributed by atoms with Crippen molar-refractivity contribution in [3.63, 3.8) is 0 Å². The molecule has 0 saturated carbocycles. The largest absolute Gasteiger partial charge is 0.309 e. The van der Waals surface area contributed by atoms with Crippen LogP contribution in [0.2, 0.25) is 0 Å². The first-order valence-electron chi connectivity index (χ1n) is 31.6. The van der Waals surface area contributed by atoms with Gasteiger partial charge in [-0.15, -0.1) is 0 Å². The van der Waals surface area contributed by atoms with Crippen molar-refractivity contribution in [2.24, 2.45) is 0 Å². The molecular weight excluding hydrogens is 1110 g/mol. The van der Waals surface area contributed by atoms with Crippen molar-refractivity contribution < 1.29 is 0 Å². The molecule has 0 amide bonds. The van der Waals surface area contributed by atoms with Gasteiger partial charge in [0.05, 0.1) is 61.0 Å². The zero-order valence-corrected chi connectivity index (χ0v) is 50.0. The van der Waals surface area contributed by atoms with Gasteiger partial charge in [0.1, 0.15) is 0 Å². The van der Waals surface area contributed by atoms with Crippen LogP contribution in [0.25, 0.3) is 177 Å². The van der Waals surface area contributed by atoms with Crippen molar-refractivity contribution >= 4 is 98.1 Å². The highest BCUT2D eigenvalue weighted by molar-refractivity contribution is 6.17.